The monoisotopic (exact) mass is 328 g/mol. The first-order valence-electron chi connectivity index (χ1n) is 8.33. The van der Waals surface area contributed by atoms with Gasteiger partial charge in [0.25, 0.3) is 0 Å². The molecule has 130 valence electrons. The molecule has 0 unspecified atom stereocenters. The molecule has 0 spiro atoms. The highest BCUT2D eigenvalue weighted by atomic mass is 16.2. The van der Waals surface area contributed by atoms with E-state index in [9.17, 15) is 4.79 Å². The lowest BCUT2D eigenvalue weighted by Gasteiger charge is -2.25. The predicted octanol–water partition coefficient (Wildman–Crippen LogP) is 2.47. The Balaban J connectivity index is 2.14. The lowest BCUT2D eigenvalue weighted by molar-refractivity contribution is -0.131. The predicted molar refractivity (Wildman–Crippen MR) is 96.9 cm³/mol. The molecule has 1 aromatic carbocycles. The number of benzene rings is 1. The van der Waals surface area contributed by atoms with Gasteiger partial charge < -0.3 is 14.8 Å². The van der Waals surface area contributed by atoms with Crippen LogP contribution in [0.2, 0.25) is 0 Å². The molecule has 1 N–H and O–H groups in total. The maximum absolute atomic E-state index is 12.9. The molecule has 24 heavy (non-hydrogen) atoms. The smallest absolute Gasteiger partial charge is 0.227 e. The number of carbonyl (C=O) groups is 1. The molecule has 0 radical (unpaired) electrons. The number of H-pyrrole nitrogens is 1. The van der Waals surface area contributed by atoms with Gasteiger partial charge in [-0.1, -0.05) is 17.7 Å². The maximum atomic E-state index is 12.9. The second-order valence-electron chi connectivity index (χ2n) is 6.75. The summed E-state index contributed by atoms with van der Waals surface area (Å²) in [5.41, 5.74) is 5.72. The Morgan fingerprint density at radius 1 is 1.12 bits per heavy atom. The van der Waals surface area contributed by atoms with Crippen molar-refractivity contribution in [3.8, 4) is 0 Å². The number of nitrogens with zero attached hydrogens (tertiary/aromatic N) is 3. The number of rotatable bonds is 7. The van der Waals surface area contributed by atoms with E-state index in [0.717, 1.165) is 17.8 Å². The normalized spacial score (nSPS) is 11.1. The average Bonchev–Trinajstić information content (AvgIpc) is 2.99. The molecule has 5 nitrogen and oxygen atoms in total. The Labute approximate surface area is 144 Å². The summed E-state index contributed by atoms with van der Waals surface area (Å²) in [6.07, 6.45) is 3.87. The molecule has 5 heteroatoms. The maximum Gasteiger partial charge on any atom is 0.227 e. The zero-order valence-corrected chi connectivity index (χ0v) is 15.4. The number of carbonyl (C=O) groups excluding carboxylic acids is 1. The average molecular weight is 328 g/mol. The van der Waals surface area contributed by atoms with Crippen LogP contribution in [0.15, 0.2) is 24.7 Å². The van der Waals surface area contributed by atoms with Crippen LogP contribution in [0.1, 0.15) is 27.9 Å². The van der Waals surface area contributed by atoms with Gasteiger partial charge in [0.2, 0.25) is 5.91 Å². The number of nitrogens with one attached hydrogen (secondary N) is 1. The van der Waals surface area contributed by atoms with Gasteiger partial charge in [-0.3, -0.25) is 4.79 Å². The van der Waals surface area contributed by atoms with E-state index in [1.165, 1.54) is 16.7 Å². The molecule has 2 aromatic rings. The van der Waals surface area contributed by atoms with E-state index in [2.05, 4.69) is 47.8 Å². The molecule has 2 rings (SSSR count). The summed E-state index contributed by atoms with van der Waals surface area (Å²) in [7, 11) is 4.04. The Kier molecular flexibility index (Phi) is 6.15. The van der Waals surface area contributed by atoms with Crippen LogP contribution in [0.25, 0.3) is 0 Å². The van der Waals surface area contributed by atoms with Gasteiger partial charge in [0.05, 0.1) is 25.0 Å². The van der Waals surface area contributed by atoms with Crippen molar-refractivity contribution in [1.29, 1.82) is 0 Å². The number of hydrogen-bond donors (Lipinski definition) is 1. The number of aromatic amines is 1. The van der Waals surface area contributed by atoms with Crippen LogP contribution in [0, 0.1) is 20.8 Å². The van der Waals surface area contributed by atoms with Crippen LogP contribution < -0.4 is 0 Å². The highest BCUT2D eigenvalue weighted by molar-refractivity contribution is 5.79. The van der Waals surface area contributed by atoms with Crippen molar-refractivity contribution >= 4 is 5.91 Å². The SMILES string of the molecule is Cc1cc(C)c(CC(=O)N(CCN(C)C)Cc2cnc[nH]2)c(C)c1. The lowest BCUT2D eigenvalue weighted by Crippen LogP contribution is -2.37. The number of likely N-dealkylation sites (N-methyl/N-ethyl adjacent to an activating group) is 1. The molecule has 0 atom stereocenters. The minimum Gasteiger partial charge on any atom is -0.347 e. The van der Waals surface area contributed by atoms with Gasteiger partial charge in [0.15, 0.2) is 0 Å². The van der Waals surface area contributed by atoms with E-state index in [-0.39, 0.29) is 5.91 Å². The van der Waals surface area contributed by atoms with Crippen LogP contribution in [0.4, 0.5) is 0 Å². The highest BCUT2D eigenvalue weighted by Gasteiger charge is 2.17. The van der Waals surface area contributed by atoms with Crippen molar-refractivity contribution in [1.82, 2.24) is 19.8 Å². The number of hydrogen-bond acceptors (Lipinski definition) is 3. The fourth-order valence-corrected chi connectivity index (χ4v) is 2.94. The lowest BCUT2D eigenvalue weighted by atomic mass is 9.97. The molecule has 0 aliphatic rings. The summed E-state index contributed by atoms with van der Waals surface area (Å²) < 4.78 is 0. The van der Waals surface area contributed by atoms with E-state index in [4.69, 9.17) is 0 Å². The van der Waals surface area contributed by atoms with Crippen molar-refractivity contribution in [3.05, 3.63) is 52.6 Å². The van der Waals surface area contributed by atoms with Crippen LogP contribution in [-0.2, 0) is 17.8 Å². The first-order chi connectivity index (χ1) is 11.4. The van der Waals surface area contributed by atoms with Crippen LogP contribution in [-0.4, -0.2) is 52.9 Å². The third kappa shape index (κ3) is 4.93. The molecule has 0 aliphatic carbocycles. The van der Waals surface area contributed by atoms with Crippen LogP contribution >= 0.6 is 0 Å². The number of imidazole rings is 1. The van der Waals surface area contributed by atoms with E-state index >= 15 is 0 Å². The quantitative estimate of drug-likeness (QED) is 0.849. The fourth-order valence-electron chi connectivity index (χ4n) is 2.94. The Hall–Kier alpha value is -2.14. The van der Waals surface area contributed by atoms with Gasteiger partial charge in [-0.15, -0.1) is 0 Å². The summed E-state index contributed by atoms with van der Waals surface area (Å²) in [6, 6.07) is 4.29. The van der Waals surface area contributed by atoms with Crippen molar-refractivity contribution in [2.75, 3.05) is 27.2 Å². The molecular formula is C19H28N4O. The second-order valence-corrected chi connectivity index (χ2v) is 6.75. The van der Waals surface area contributed by atoms with Crippen LogP contribution in [0.3, 0.4) is 0 Å². The molecule has 1 amide bonds. The molecule has 0 aliphatic heterocycles. The topological polar surface area (TPSA) is 52.2 Å². The molecule has 0 saturated carbocycles. The largest absolute Gasteiger partial charge is 0.347 e. The molecule has 0 bridgehead atoms. The highest BCUT2D eigenvalue weighted by Crippen LogP contribution is 2.18. The minimum atomic E-state index is 0.154. The van der Waals surface area contributed by atoms with Crippen molar-refractivity contribution in [2.24, 2.45) is 0 Å². The van der Waals surface area contributed by atoms with E-state index in [1.807, 2.05) is 19.0 Å². The van der Waals surface area contributed by atoms with Crippen molar-refractivity contribution in [2.45, 2.75) is 33.7 Å². The van der Waals surface area contributed by atoms with Gasteiger partial charge >= 0.3 is 0 Å². The standard InChI is InChI=1S/C19H28N4O/c1-14-8-15(2)18(16(3)9-14)10-19(24)23(7-6-22(4)5)12-17-11-20-13-21-17/h8-9,11,13H,6-7,10,12H2,1-5H3,(H,20,21). The summed E-state index contributed by atoms with van der Waals surface area (Å²) in [5.74, 6) is 0.154. The number of aromatic nitrogens is 2. The molecule has 0 fully saturated rings. The fraction of sp³-hybridized carbons (Fsp3) is 0.474. The summed E-state index contributed by atoms with van der Waals surface area (Å²) in [4.78, 5) is 24.0. The Morgan fingerprint density at radius 2 is 1.79 bits per heavy atom. The summed E-state index contributed by atoms with van der Waals surface area (Å²) >= 11 is 0. The summed E-state index contributed by atoms with van der Waals surface area (Å²) in [6.45, 7) is 8.37. The molecule has 1 heterocycles. The zero-order chi connectivity index (χ0) is 17.7. The number of amides is 1. The van der Waals surface area contributed by atoms with Crippen molar-refractivity contribution < 1.29 is 4.79 Å². The van der Waals surface area contributed by atoms with Gasteiger partial charge in [0.1, 0.15) is 0 Å². The van der Waals surface area contributed by atoms with Crippen molar-refractivity contribution in [3.63, 3.8) is 0 Å². The Bertz CT molecular complexity index is 654. The van der Waals surface area contributed by atoms with Gasteiger partial charge in [0, 0.05) is 19.3 Å². The second kappa shape index (κ2) is 8.11. The molecule has 0 saturated heterocycles. The Morgan fingerprint density at radius 3 is 2.33 bits per heavy atom. The van der Waals surface area contributed by atoms with E-state index in [0.29, 0.717) is 19.5 Å². The zero-order valence-electron chi connectivity index (χ0n) is 15.4. The van der Waals surface area contributed by atoms with E-state index < -0.39 is 0 Å². The summed E-state index contributed by atoms with van der Waals surface area (Å²) in [5, 5.41) is 0. The first kappa shape index (κ1) is 18.2. The molecular weight excluding hydrogens is 300 g/mol. The van der Waals surface area contributed by atoms with Crippen LogP contribution in [0.5, 0.6) is 0 Å². The minimum absolute atomic E-state index is 0.154. The van der Waals surface area contributed by atoms with Gasteiger partial charge in [-0.25, -0.2) is 4.98 Å². The van der Waals surface area contributed by atoms with Gasteiger partial charge in [-0.2, -0.15) is 0 Å². The van der Waals surface area contributed by atoms with E-state index in [1.54, 1.807) is 12.5 Å². The third-order valence-electron chi connectivity index (χ3n) is 4.25. The third-order valence-corrected chi connectivity index (χ3v) is 4.25. The number of aryl methyl sites for hydroxylation is 3. The molecule has 1 aromatic heterocycles. The van der Waals surface area contributed by atoms with Gasteiger partial charge in [-0.05, 0) is 51.6 Å². The first-order valence-corrected chi connectivity index (χ1v) is 8.33.